The number of halogens is 3. The molecule has 1 atom stereocenters. The molecule has 0 radical (unpaired) electrons. The number of rotatable bonds is 7. The van der Waals surface area contributed by atoms with Crippen molar-refractivity contribution in [2.24, 2.45) is 5.92 Å². The number of aliphatic hydroxyl groups is 1. The number of carboxylic acids is 1. The van der Waals surface area contributed by atoms with Gasteiger partial charge in [-0.1, -0.05) is 13.8 Å². The van der Waals surface area contributed by atoms with Crippen molar-refractivity contribution in [3.63, 3.8) is 0 Å². The smallest absolute Gasteiger partial charge is 0.341 e. The molecule has 3 aromatic rings. The average molecular weight is 449 g/mol. The summed E-state index contributed by atoms with van der Waals surface area (Å²) >= 11 is 0. The molecule has 0 saturated heterocycles. The number of aromatic nitrogens is 2. The minimum atomic E-state index is -1.43. The van der Waals surface area contributed by atoms with Gasteiger partial charge in [0.25, 0.3) is 0 Å². The zero-order valence-corrected chi connectivity index (χ0v) is 17.6. The Bertz CT molecular complexity index is 1230. The minimum Gasteiger partial charge on any atom is -0.477 e. The number of anilines is 1. The number of hydrogen-bond donors (Lipinski definition) is 3. The number of nitrogens with one attached hydrogen (secondary N) is 1. The second-order valence-corrected chi connectivity index (χ2v) is 7.78. The Labute approximate surface area is 181 Å². The second-order valence-electron chi connectivity index (χ2n) is 7.78. The minimum absolute atomic E-state index is 0.00792. The monoisotopic (exact) mass is 449 g/mol. The third-order valence-electron chi connectivity index (χ3n) is 5.31. The fourth-order valence-corrected chi connectivity index (χ4v) is 3.50. The highest BCUT2D eigenvalue weighted by Gasteiger charge is 2.23. The highest BCUT2D eigenvalue weighted by atomic mass is 19.1. The van der Waals surface area contributed by atoms with E-state index in [-0.39, 0.29) is 30.1 Å². The topological polar surface area (TPSA) is 104 Å². The molecule has 3 rings (SSSR count). The molecule has 32 heavy (non-hydrogen) atoms. The largest absolute Gasteiger partial charge is 0.477 e. The van der Waals surface area contributed by atoms with E-state index < -0.39 is 46.1 Å². The van der Waals surface area contributed by atoms with Gasteiger partial charge >= 0.3 is 5.97 Å². The number of benzene rings is 1. The van der Waals surface area contributed by atoms with E-state index in [9.17, 15) is 33.0 Å². The van der Waals surface area contributed by atoms with Gasteiger partial charge in [-0.25, -0.2) is 22.9 Å². The van der Waals surface area contributed by atoms with E-state index in [1.807, 2.05) is 13.8 Å². The van der Waals surface area contributed by atoms with Crippen LogP contribution in [0.2, 0.25) is 0 Å². The first-order valence-electron chi connectivity index (χ1n) is 9.83. The zero-order valence-electron chi connectivity index (χ0n) is 17.6. The molecule has 0 spiro atoms. The quantitative estimate of drug-likeness (QED) is 0.509. The number of aromatic carboxylic acids is 1. The number of hydrogen-bond acceptors (Lipinski definition) is 5. The van der Waals surface area contributed by atoms with Crippen molar-refractivity contribution in [1.29, 1.82) is 0 Å². The number of nitrogens with zero attached hydrogens (tertiary/aromatic N) is 2. The van der Waals surface area contributed by atoms with Crippen LogP contribution in [0, 0.1) is 30.3 Å². The SMILES string of the molecule is Cc1nc2c(cc1CNc1c(F)cc(F)cc1F)c(=O)c(C(=O)O)cn2[C@H](CO)C(C)C. The third kappa shape index (κ3) is 4.31. The molecule has 0 aliphatic rings. The normalized spacial score (nSPS) is 12.4. The Morgan fingerprint density at radius 1 is 1.19 bits per heavy atom. The first kappa shape index (κ1) is 23.3. The zero-order chi connectivity index (χ0) is 23.7. The van der Waals surface area contributed by atoms with E-state index in [1.54, 1.807) is 6.92 Å². The number of fused-ring (bicyclic) bond motifs is 1. The molecule has 0 aliphatic heterocycles. The van der Waals surface area contributed by atoms with Gasteiger partial charge in [0.05, 0.1) is 18.0 Å². The van der Waals surface area contributed by atoms with Crippen molar-refractivity contribution in [3.05, 3.63) is 68.9 Å². The summed E-state index contributed by atoms with van der Waals surface area (Å²) in [6.07, 6.45) is 1.17. The summed E-state index contributed by atoms with van der Waals surface area (Å²) in [5.74, 6) is -4.82. The lowest BCUT2D eigenvalue weighted by Crippen LogP contribution is -2.26. The van der Waals surface area contributed by atoms with E-state index in [4.69, 9.17) is 0 Å². The first-order chi connectivity index (χ1) is 15.0. The Balaban J connectivity index is 2.15. The van der Waals surface area contributed by atoms with Crippen LogP contribution in [0.25, 0.3) is 11.0 Å². The second kappa shape index (κ2) is 8.99. The Hall–Kier alpha value is -3.40. The molecular formula is C22H22F3N3O4. The summed E-state index contributed by atoms with van der Waals surface area (Å²) in [6.45, 7) is 4.84. The van der Waals surface area contributed by atoms with Crippen LogP contribution in [-0.2, 0) is 6.54 Å². The molecule has 0 bridgehead atoms. The number of carbonyl (C=O) groups is 1. The molecule has 2 heterocycles. The lowest BCUT2D eigenvalue weighted by Gasteiger charge is -2.24. The summed E-state index contributed by atoms with van der Waals surface area (Å²) in [5.41, 5.74) is -0.800. The predicted molar refractivity (Wildman–Crippen MR) is 112 cm³/mol. The van der Waals surface area contributed by atoms with Crippen molar-refractivity contribution >= 4 is 22.7 Å². The predicted octanol–water partition coefficient (Wildman–Crippen LogP) is 3.62. The van der Waals surface area contributed by atoms with Crippen LogP contribution in [0.4, 0.5) is 18.9 Å². The van der Waals surface area contributed by atoms with Gasteiger partial charge in [-0.3, -0.25) is 4.79 Å². The maximum atomic E-state index is 13.9. The van der Waals surface area contributed by atoms with E-state index in [2.05, 4.69) is 10.3 Å². The summed E-state index contributed by atoms with van der Waals surface area (Å²) in [5, 5.41) is 21.8. The number of pyridine rings is 2. The molecule has 0 unspecified atom stereocenters. The number of carboxylic acid groups (broad SMARTS) is 1. The summed E-state index contributed by atoms with van der Waals surface area (Å²) in [4.78, 5) is 28.9. The van der Waals surface area contributed by atoms with Gasteiger partial charge in [0.1, 0.15) is 22.7 Å². The Kier molecular flexibility index (Phi) is 6.54. The van der Waals surface area contributed by atoms with E-state index >= 15 is 0 Å². The molecule has 0 fully saturated rings. The van der Waals surface area contributed by atoms with Crippen LogP contribution >= 0.6 is 0 Å². The van der Waals surface area contributed by atoms with Crippen molar-refractivity contribution in [2.45, 2.75) is 33.4 Å². The van der Waals surface area contributed by atoms with Crippen LogP contribution in [0.3, 0.4) is 0 Å². The van der Waals surface area contributed by atoms with Gasteiger partial charge < -0.3 is 20.1 Å². The van der Waals surface area contributed by atoms with E-state index in [0.717, 1.165) is 0 Å². The van der Waals surface area contributed by atoms with E-state index in [1.165, 1.54) is 16.8 Å². The molecule has 7 nitrogen and oxygen atoms in total. The molecular weight excluding hydrogens is 427 g/mol. The van der Waals surface area contributed by atoms with Crippen LogP contribution < -0.4 is 10.7 Å². The number of aryl methyl sites for hydroxylation is 1. The maximum absolute atomic E-state index is 13.9. The molecule has 0 saturated carbocycles. The van der Waals surface area contributed by atoms with Gasteiger partial charge in [-0.2, -0.15) is 0 Å². The van der Waals surface area contributed by atoms with Crippen LogP contribution in [0.5, 0.6) is 0 Å². The van der Waals surface area contributed by atoms with Gasteiger partial charge in [-0.15, -0.1) is 0 Å². The number of aliphatic hydroxyl groups excluding tert-OH is 1. The standard InChI is InChI=1S/C22H22F3N3O4/c1-10(2)18(9-29)28-8-15(22(31)32)20(30)14-4-12(11(3)27-21(14)28)7-26-19-16(24)5-13(23)6-17(19)25/h4-6,8,10,18,26,29H,7,9H2,1-3H3,(H,31,32)/t18-/m1/s1. The van der Waals surface area contributed by atoms with Gasteiger partial charge in [-0.05, 0) is 24.5 Å². The van der Waals surface area contributed by atoms with Crippen molar-refractivity contribution in [2.75, 3.05) is 11.9 Å². The van der Waals surface area contributed by atoms with Gasteiger partial charge in [0, 0.05) is 30.6 Å². The summed E-state index contributed by atoms with van der Waals surface area (Å²) < 4.78 is 42.5. The highest BCUT2D eigenvalue weighted by Crippen LogP contribution is 2.25. The Morgan fingerprint density at radius 2 is 1.81 bits per heavy atom. The average Bonchev–Trinajstić information content (AvgIpc) is 2.69. The summed E-state index contributed by atoms with van der Waals surface area (Å²) in [7, 11) is 0. The highest BCUT2D eigenvalue weighted by molar-refractivity contribution is 5.92. The van der Waals surface area contributed by atoms with Crippen molar-refractivity contribution in [3.8, 4) is 0 Å². The third-order valence-corrected chi connectivity index (χ3v) is 5.31. The Morgan fingerprint density at radius 3 is 2.34 bits per heavy atom. The molecule has 10 heteroatoms. The molecule has 170 valence electrons. The molecule has 0 aliphatic carbocycles. The van der Waals surface area contributed by atoms with Crippen LogP contribution in [-0.4, -0.2) is 32.3 Å². The van der Waals surface area contributed by atoms with Crippen molar-refractivity contribution in [1.82, 2.24) is 9.55 Å². The van der Waals surface area contributed by atoms with Crippen LogP contribution in [0.1, 0.15) is 41.5 Å². The van der Waals surface area contributed by atoms with Gasteiger partial charge in [0.2, 0.25) is 5.43 Å². The first-order valence-corrected chi connectivity index (χ1v) is 9.83. The van der Waals surface area contributed by atoms with Crippen LogP contribution in [0.15, 0.2) is 29.2 Å². The molecule has 1 aromatic carbocycles. The van der Waals surface area contributed by atoms with Gasteiger partial charge in [0.15, 0.2) is 11.6 Å². The lowest BCUT2D eigenvalue weighted by molar-refractivity contribution is 0.0694. The van der Waals surface area contributed by atoms with E-state index in [0.29, 0.717) is 23.4 Å². The molecule has 2 aromatic heterocycles. The fraction of sp³-hybridized carbons (Fsp3) is 0.318. The molecule has 0 amide bonds. The lowest BCUT2D eigenvalue weighted by atomic mass is 10.0. The molecule has 3 N–H and O–H groups in total. The van der Waals surface area contributed by atoms with Crippen molar-refractivity contribution < 1.29 is 28.2 Å². The summed E-state index contributed by atoms with van der Waals surface area (Å²) in [6, 6.07) is 1.95. The maximum Gasteiger partial charge on any atom is 0.341 e. The fourth-order valence-electron chi connectivity index (χ4n) is 3.50.